The third-order valence-corrected chi connectivity index (χ3v) is 15.5. The Bertz CT molecular complexity index is 4110. The molecule has 0 saturated heterocycles. The average Bonchev–Trinajstić information content (AvgIpc) is 4.07. The van der Waals surface area contributed by atoms with Gasteiger partial charge in [0.1, 0.15) is 11.2 Å². The number of hydrogen-bond donors (Lipinski definition) is 0. The Morgan fingerprint density at radius 1 is 0.310 bits per heavy atom. The Hall–Kier alpha value is -9.24. The van der Waals surface area contributed by atoms with Crippen LogP contribution in [0.3, 0.4) is 0 Å². The summed E-state index contributed by atoms with van der Waals surface area (Å²) in [6, 6.07) is 96.0. The van der Waals surface area contributed by atoms with Gasteiger partial charge in [0.15, 0.2) is 0 Å². The maximum atomic E-state index is 7.27. The van der Waals surface area contributed by atoms with E-state index in [4.69, 9.17) is 4.42 Å². The van der Waals surface area contributed by atoms with E-state index in [-0.39, 0.29) is 0 Å². The molecule has 2 aliphatic carbocycles. The van der Waals surface area contributed by atoms with Crippen molar-refractivity contribution in [3.63, 3.8) is 0 Å². The van der Waals surface area contributed by atoms with Crippen LogP contribution < -0.4 is 4.90 Å². The van der Waals surface area contributed by atoms with Gasteiger partial charge in [-0.1, -0.05) is 218 Å². The molecule has 1 spiro atoms. The van der Waals surface area contributed by atoms with Gasteiger partial charge in [0.2, 0.25) is 0 Å². The lowest BCUT2D eigenvalue weighted by Crippen LogP contribution is -2.27. The van der Waals surface area contributed by atoms with Gasteiger partial charge in [0.05, 0.1) is 11.1 Å². The number of nitrogens with zero attached hydrogens (tertiary/aromatic N) is 1. The number of furan rings is 1. The molecule has 2 aliphatic rings. The highest BCUT2D eigenvalue weighted by Gasteiger charge is 2.53. The van der Waals surface area contributed by atoms with Crippen LogP contribution in [0.1, 0.15) is 22.3 Å². The lowest BCUT2D eigenvalue weighted by atomic mass is 9.68. The fourth-order valence-corrected chi connectivity index (χ4v) is 12.5. The van der Waals surface area contributed by atoms with Crippen LogP contribution in [0.15, 0.2) is 265 Å². The molecule has 0 atom stereocenters. The van der Waals surface area contributed by atoms with E-state index >= 15 is 0 Å². The summed E-state index contributed by atoms with van der Waals surface area (Å²) < 4.78 is 7.27. The molecular weight excluding hydrogens is 859 g/mol. The fourth-order valence-electron chi connectivity index (χ4n) is 12.5. The number of anilines is 3. The van der Waals surface area contributed by atoms with Gasteiger partial charge in [-0.25, -0.2) is 0 Å². The predicted octanol–water partition coefficient (Wildman–Crippen LogP) is 18.7. The third-order valence-electron chi connectivity index (χ3n) is 15.5. The van der Waals surface area contributed by atoms with E-state index in [9.17, 15) is 0 Å². The van der Waals surface area contributed by atoms with Gasteiger partial charge in [-0.2, -0.15) is 0 Å². The first kappa shape index (κ1) is 39.7. The van der Waals surface area contributed by atoms with E-state index in [1.54, 1.807) is 0 Å². The van der Waals surface area contributed by atoms with Crippen molar-refractivity contribution in [3.05, 3.63) is 283 Å². The smallest absolute Gasteiger partial charge is 0.143 e. The molecule has 0 unspecified atom stereocenters. The molecule has 0 radical (unpaired) electrons. The summed E-state index contributed by atoms with van der Waals surface area (Å²) in [5.74, 6) is 0. The van der Waals surface area contributed by atoms with E-state index in [1.165, 1.54) is 88.3 Å². The van der Waals surface area contributed by atoms with Crippen molar-refractivity contribution in [2.75, 3.05) is 4.90 Å². The van der Waals surface area contributed by atoms with Gasteiger partial charge in [0, 0.05) is 33.3 Å². The van der Waals surface area contributed by atoms with Gasteiger partial charge >= 0.3 is 0 Å². The van der Waals surface area contributed by atoms with Crippen molar-refractivity contribution in [1.29, 1.82) is 0 Å². The van der Waals surface area contributed by atoms with Gasteiger partial charge < -0.3 is 9.32 Å². The summed E-state index contributed by atoms with van der Waals surface area (Å²) in [4.78, 5) is 2.45. The molecule has 2 heteroatoms. The normalized spacial score (nSPS) is 12.9. The Labute approximate surface area is 412 Å². The molecule has 13 aromatic rings. The van der Waals surface area contributed by atoms with E-state index in [1.807, 2.05) is 0 Å². The predicted molar refractivity (Wildman–Crippen MR) is 296 cm³/mol. The fraction of sp³-hybridized carbons (Fsp3) is 0.0145. The quantitative estimate of drug-likeness (QED) is 0.165. The van der Waals surface area contributed by atoms with Crippen molar-refractivity contribution in [3.8, 4) is 55.6 Å². The maximum Gasteiger partial charge on any atom is 0.143 e. The summed E-state index contributed by atoms with van der Waals surface area (Å²) in [6.07, 6.45) is 0. The summed E-state index contributed by atoms with van der Waals surface area (Å²) >= 11 is 0. The highest BCUT2D eigenvalue weighted by molar-refractivity contribution is 6.16. The summed E-state index contributed by atoms with van der Waals surface area (Å²) in [6.45, 7) is 0. The third kappa shape index (κ3) is 5.71. The minimum atomic E-state index is -0.611. The number of para-hydroxylation sites is 2. The van der Waals surface area contributed by atoms with Crippen molar-refractivity contribution >= 4 is 60.5 Å². The molecular formula is C69H43NO. The average molecular weight is 902 g/mol. The molecule has 71 heavy (non-hydrogen) atoms. The van der Waals surface area contributed by atoms with Gasteiger partial charge in [0.25, 0.3) is 0 Å². The number of fused-ring (bicyclic) bond motifs is 15. The standard InChI is InChI=1S/C69H43NO/c1-3-21-50-44(17-1)19-15-28-52(50)46-35-39-48(40-36-46)70(49-41-37-47(38-42-49)53-29-16-20-45-18-2-4-22-51(45)53)64-33-13-8-27-58(64)66-67-59(43-60-57-26-9-14-34-65(57)71-68(60)66)56-25-7-12-32-63(56)69(67)61-30-10-5-23-54(61)55-24-6-11-31-62(55)69/h1-43H. The maximum absolute atomic E-state index is 7.27. The molecule has 15 rings (SSSR count). The van der Waals surface area contributed by atoms with Crippen LogP contribution in [0.25, 0.3) is 99.1 Å². The van der Waals surface area contributed by atoms with Gasteiger partial charge in [-0.05, 0) is 131 Å². The monoisotopic (exact) mass is 901 g/mol. The largest absolute Gasteiger partial charge is 0.455 e. The zero-order chi connectivity index (χ0) is 46.6. The second-order valence-corrected chi connectivity index (χ2v) is 19.0. The second kappa shape index (κ2) is 15.4. The molecule has 1 heterocycles. The molecule has 12 aromatic carbocycles. The van der Waals surface area contributed by atoms with Crippen LogP contribution in [-0.2, 0) is 5.41 Å². The lowest BCUT2D eigenvalue weighted by Gasteiger charge is -2.33. The Kier molecular flexibility index (Phi) is 8.61. The highest BCUT2D eigenvalue weighted by Crippen LogP contribution is 2.66. The Balaban J connectivity index is 1.02. The van der Waals surface area contributed by atoms with Crippen LogP contribution >= 0.6 is 0 Å². The molecule has 330 valence electrons. The van der Waals surface area contributed by atoms with Crippen molar-refractivity contribution in [1.82, 2.24) is 0 Å². The van der Waals surface area contributed by atoms with E-state index in [0.29, 0.717) is 0 Å². The van der Waals surface area contributed by atoms with Crippen LogP contribution in [-0.4, -0.2) is 0 Å². The molecule has 0 saturated carbocycles. The van der Waals surface area contributed by atoms with E-state index < -0.39 is 5.41 Å². The first-order valence-corrected chi connectivity index (χ1v) is 24.6. The van der Waals surface area contributed by atoms with Crippen molar-refractivity contribution in [2.45, 2.75) is 5.41 Å². The molecule has 1 aromatic heterocycles. The second-order valence-electron chi connectivity index (χ2n) is 19.0. The van der Waals surface area contributed by atoms with E-state index in [2.05, 4.69) is 266 Å². The van der Waals surface area contributed by atoms with Gasteiger partial charge in [-0.15, -0.1) is 0 Å². The summed E-state index contributed by atoms with van der Waals surface area (Å²) in [7, 11) is 0. The zero-order valence-electron chi connectivity index (χ0n) is 38.7. The Morgan fingerprint density at radius 2 is 0.732 bits per heavy atom. The van der Waals surface area contributed by atoms with Crippen molar-refractivity contribution in [2.24, 2.45) is 0 Å². The first-order valence-electron chi connectivity index (χ1n) is 24.6. The molecule has 0 amide bonds. The first-order chi connectivity index (χ1) is 35.2. The minimum Gasteiger partial charge on any atom is -0.455 e. The van der Waals surface area contributed by atoms with E-state index in [0.717, 1.165) is 50.1 Å². The molecule has 0 N–H and O–H groups in total. The number of benzene rings is 12. The molecule has 0 fully saturated rings. The number of rotatable bonds is 6. The van der Waals surface area contributed by atoms with Crippen LogP contribution in [0.5, 0.6) is 0 Å². The highest BCUT2D eigenvalue weighted by atomic mass is 16.3. The topological polar surface area (TPSA) is 16.4 Å². The number of hydrogen-bond acceptors (Lipinski definition) is 2. The lowest BCUT2D eigenvalue weighted by molar-refractivity contribution is 0.668. The minimum absolute atomic E-state index is 0.611. The van der Waals surface area contributed by atoms with Crippen molar-refractivity contribution < 1.29 is 4.42 Å². The SMILES string of the molecule is c1ccc(N(c2ccc(-c3cccc4ccccc34)cc2)c2ccc(-c3cccc4ccccc34)cc2)c(-c2c3c(cc4c2oc2ccccc24)-c2ccccc2C32c3ccccc3-c3ccccc32)c1. The molecule has 0 bridgehead atoms. The van der Waals surface area contributed by atoms with Crippen LogP contribution in [0.2, 0.25) is 0 Å². The Morgan fingerprint density at radius 3 is 1.30 bits per heavy atom. The molecule has 0 aliphatic heterocycles. The summed E-state index contributed by atoms with van der Waals surface area (Å²) in [5, 5.41) is 7.17. The van der Waals surface area contributed by atoms with Gasteiger partial charge in [-0.3, -0.25) is 0 Å². The zero-order valence-corrected chi connectivity index (χ0v) is 38.7. The summed E-state index contributed by atoms with van der Waals surface area (Å²) in [5.41, 5.74) is 21.5. The van der Waals surface area contributed by atoms with Crippen LogP contribution in [0, 0.1) is 0 Å². The molecule has 2 nitrogen and oxygen atoms in total. The van der Waals surface area contributed by atoms with Crippen LogP contribution in [0.4, 0.5) is 17.1 Å².